The summed E-state index contributed by atoms with van der Waals surface area (Å²) in [4.78, 5) is 19.2. The highest BCUT2D eigenvalue weighted by Gasteiger charge is 2.41. The maximum Gasteiger partial charge on any atom is 0.307 e. The Morgan fingerprint density at radius 2 is 2.16 bits per heavy atom. The van der Waals surface area contributed by atoms with Gasteiger partial charge in [-0.05, 0) is 62.4 Å². The number of carboxylic acid groups (broad SMARTS) is 1. The highest BCUT2D eigenvalue weighted by Crippen LogP contribution is 2.50. The Labute approximate surface area is 222 Å². The van der Waals surface area contributed by atoms with Crippen molar-refractivity contribution in [3.8, 4) is 5.88 Å². The van der Waals surface area contributed by atoms with Crippen LogP contribution >= 0.6 is 0 Å². The van der Waals surface area contributed by atoms with E-state index in [4.69, 9.17) is 8.85 Å². The average Bonchev–Trinajstić information content (AvgIpc) is 3.26. The van der Waals surface area contributed by atoms with Gasteiger partial charge in [0.2, 0.25) is 5.88 Å². The number of nitrogens with zero attached hydrogens (tertiary/aromatic N) is 3. The van der Waals surface area contributed by atoms with Crippen LogP contribution in [0, 0.1) is 18.7 Å². The highest BCUT2D eigenvalue weighted by molar-refractivity contribution is 5.79. The number of pyridine rings is 1. The molecule has 0 unspecified atom stereocenters. The van der Waals surface area contributed by atoms with Crippen molar-refractivity contribution in [2.24, 2.45) is 5.92 Å². The van der Waals surface area contributed by atoms with Gasteiger partial charge in [0.15, 0.2) is 0 Å². The lowest BCUT2D eigenvalue weighted by Gasteiger charge is -2.43. The number of carboxylic acids is 1. The molecule has 3 atom stereocenters. The third kappa shape index (κ3) is 5.70. The fourth-order valence-electron chi connectivity index (χ4n) is 5.52. The molecule has 0 saturated carbocycles. The lowest BCUT2D eigenvalue weighted by molar-refractivity contribution is -0.142. The number of halogens is 2. The summed E-state index contributed by atoms with van der Waals surface area (Å²) >= 11 is 0. The van der Waals surface area contributed by atoms with Crippen LogP contribution in [0.25, 0.3) is 5.57 Å². The van der Waals surface area contributed by atoms with E-state index < -0.39 is 37.4 Å². The Kier molecular flexibility index (Phi) is 7.36. The lowest BCUT2D eigenvalue weighted by Crippen LogP contribution is -2.45. The summed E-state index contributed by atoms with van der Waals surface area (Å²) < 4.78 is 57.4. The quantitative estimate of drug-likeness (QED) is 0.450. The van der Waals surface area contributed by atoms with Gasteiger partial charge < -0.3 is 14.7 Å². The molecular weight excluding hydrogens is 476 g/mol. The van der Waals surface area contributed by atoms with Crippen LogP contribution in [0.15, 0.2) is 36.0 Å². The van der Waals surface area contributed by atoms with Gasteiger partial charge in [0.1, 0.15) is 12.4 Å². The van der Waals surface area contributed by atoms with Crippen LogP contribution in [-0.2, 0) is 11.2 Å². The maximum absolute atomic E-state index is 15.7. The Hall–Kier alpha value is -2.84. The third-order valence-corrected chi connectivity index (χ3v) is 7.46. The number of likely N-dealkylation sites (N-methyl/N-ethyl adjacent to an activating group) is 1. The van der Waals surface area contributed by atoms with Gasteiger partial charge in [0, 0.05) is 40.9 Å². The molecule has 0 radical (unpaired) electrons. The van der Waals surface area contributed by atoms with Gasteiger partial charge in [-0.1, -0.05) is 31.2 Å². The zero-order chi connectivity index (χ0) is 29.2. The molecule has 2 aliphatic rings. The molecule has 0 spiro atoms. The SMILES string of the molecule is [2H]C([2H])([2H])N(CCCF)CCOc1ncc(F)c([C@@H]2C3=C(C[C@@H](C)N2C[C@@H](C)C(=O)O)c2ccccc2C3)c1C. The minimum Gasteiger partial charge on any atom is -0.481 e. The molecule has 1 aliphatic heterocycles. The van der Waals surface area contributed by atoms with Crippen LogP contribution in [0.5, 0.6) is 5.88 Å². The summed E-state index contributed by atoms with van der Waals surface area (Å²) in [7, 11) is 0. The number of benzene rings is 1. The number of hydrogen-bond acceptors (Lipinski definition) is 5. The molecule has 2 aromatic rings. The normalized spacial score (nSPS) is 21.7. The number of aliphatic carboxylic acids is 1. The monoisotopic (exact) mass is 516 g/mol. The summed E-state index contributed by atoms with van der Waals surface area (Å²) in [6.07, 6.45) is 2.58. The van der Waals surface area contributed by atoms with E-state index in [2.05, 4.69) is 22.0 Å². The van der Waals surface area contributed by atoms with Crippen molar-refractivity contribution in [3.63, 3.8) is 0 Å². The van der Waals surface area contributed by atoms with Crippen molar-refractivity contribution in [2.45, 2.75) is 52.1 Å². The zero-order valence-electron chi connectivity index (χ0n) is 24.6. The highest BCUT2D eigenvalue weighted by atomic mass is 19.1. The van der Waals surface area contributed by atoms with Crippen molar-refractivity contribution >= 4 is 11.5 Å². The summed E-state index contributed by atoms with van der Waals surface area (Å²) in [5.41, 5.74) is 5.42. The van der Waals surface area contributed by atoms with E-state index >= 15 is 4.39 Å². The predicted molar refractivity (Wildman–Crippen MR) is 140 cm³/mol. The first-order valence-corrected chi connectivity index (χ1v) is 12.8. The number of aromatic nitrogens is 1. The van der Waals surface area contributed by atoms with Crippen molar-refractivity contribution in [3.05, 3.63) is 64.1 Å². The van der Waals surface area contributed by atoms with Crippen LogP contribution < -0.4 is 4.74 Å². The van der Waals surface area contributed by atoms with Crippen LogP contribution in [0.3, 0.4) is 0 Å². The van der Waals surface area contributed by atoms with E-state index in [9.17, 15) is 14.3 Å². The topological polar surface area (TPSA) is 65.9 Å². The van der Waals surface area contributed by atoms with E-state index in [0.29, 0.717) is 17.5 Å². The van der Waals surface area contributed by atoms with Crippen molar-refractivity contribution < 1.29 is 27.5 Å². The average molecular weight is 517 g/mol. The van der Waals surface area contributed by atoms with Gasteiger partial charge in [0.05, 0.1) is 24.8 Å². The van der Waals surface area contributed by atoms with Gasteiger partial charge >= 0.3 is 5.97 Å². The predicted octanol–water partition coefficient (Wildman–Crippen LogP) is 5.07. The van der Waals surface area contributed by atoms with Crippen molar-refractivity contribution in [2.75, 3.05) is 39.9 Å². The number of fused-ring (bicyclic) bond motifs is 2. The van der Waals surface area contributed by atoms with Crippen molar-refractivity contribution in [1.82, 2.24) is 14.8 Å². The second-order valence-electron chi connectivity index (χ2n) is 10.1. The van der Waals surface area contributed by atoms with Crippen LogP contribution in [-0.4, -0.2) is 71.8 Å². The third-order valence-electron chi connectivity index (χ3n) is 7.46. The van der Waals surface area contributed by atoms with E-state index in [1.54, 1.807) is 13.8 Å². The molecule has 0 bridgehead atoms. The molecular formula is C29H37F2N3O3. The van der Waals surface area contributed by atoms with Gasteiger partial charge in [-0.2, -0.15) is 0 Å². The lowest BCUT2D eigenvalue weighted by atomic mass is 9.83. The minimum atomic E-state index is -2.39. The Bertz CT molecular complexity index is 1270. The van der Waals surface area contributed by atoms with Crippen molar-refractivity contribution in [1.29, 1.82) is 0 Å². The van der Waals surface area contributed by atoms with E-state index in [-0.39, 0.29) is 44.6 Å². The first kappa shape index (κ1) is 23.3. The molecule has 8 heteroatoms. The number of carbonyl (C=O) groups is 1. The number of rotatable bonds is 11. The fraction of sp³-hybridized carbons (Fsp3) is 0.517. The maximum atomic E-state index is 15.7. The van der Waals surface area contributed by atoms with E-state index in [1.807, 2.05) is 19.1 Å². The van der Waals surface area contributed by atoms with E-state index in [0.717, 1.165) is 23.8 Å². The largest absolute Gasteiger partial charge is 0.481 e. The molecule has 1 N–H and O–H groups in total. The second kappa shape index (κ2) is 11.7. The van der Waals surface area contributed by atoms with Crippen LogP contribution in [0.4, 0.5) is 8.78 Å². The first-order valence-electron chi connectivity index (χ1n) is 14.3. The molecule has 1 aliphatic carbocycles. The molecule has 37 heavy (non-hydrogen) atoms. The number of alkyl halides is 1. The molecule has 1 aromatic carbocycles. The van der Waals surface area contributed by atoms with Gasteiger partial charge in [-0.15, -0.1) is 0 Å². The van der Waals surface area contributed by atoms with Gasteiger partial charge in [-0.3, -0.25) is 14.1 Å². The molecule has 6 nitrogen and oxygen atoms in total. The molecule has 200 valence electrons. The molecule has 1 aromatic heterocycles. The second-order valence-corrected chi connectivity index (χ2v) is 10.1. The summed E-state index contributed by atoms with van der Waals surface area (Å²) in [5.74, 6) is -1.89. The molecule has 2 heterocycles. The Morgan fingerprint density at radius 1 is 1.38 bits per heavy atom. The Morgan fingerprint density at radius 3 is 2.89 bits per heavy atom. The standard InChI is InChI=1S/C29H37F2N3O3/c1-18(29(35)36)17-34-19(2)14-23-22-9-6-5-8-21(22)15-24(23)27(34)26-20(3)28(32-16-25(26)31)37-13-12-33(4)11-7-10-30/h5-6,8-9,16,18-19,27H,7,10-15,17H2,1-4H3,(H,35,36)/t18-,19-,27+/m1/s1/i4D3. The van der Waals surface area contributed by atoms with Crippen LogP contribution in [0.2, 0.25) is 0 Å². The smallest absolute Gasteiger partial charge is 0.307 e. The first-order chi connectivity index (χ1) is 18.9. The molecule has 4 rings (SSSR count). The number of hydrogen-bond donors (Lipinski definition) is 1. The molecule has 0 saturated heterocycles. The fourth-order valence-corrected chi connectivity index (χ4v) is 5.52. The minimum absolute atomic E-state index is 0.0240. The molecule has 0 amide bonds. The van der Waals surface area contributed by atoms with E-state index in [1.165, 1.54) is 16.0 Å². The van der Waals surface area contributed by atoms with Crippen LogP contribution in [0.1, 0.15) is 59.1 Å². The molecule has 0 fully saturated rings. The van der Waals surface area contributed by atoms with Gasteiger partial charge in [0.25, 0.3) is 0 Å². The number of ether oxygens (including phenoxy) is 1. The Balaban J connectivity index is 1.69. The summed E-state index contributed by atoms with van der Waals surface area (Å²) in [6, 6.07) is 7.58. The zero-order valence-corrected chi connectivity index (χ0v) is 21.6. The summed E-state index contributed by atoms with van der Waals surface area (Å²) in [5, 5.41) is 9.68. The summed E-state index contributed by atoms with van der Waals surface area (Å²) in [6.45, 7) is 2.72. The van der Waals surface area contributed by atoms with Gasteiger partial charge in [-0.25, -0.2) is 9.37 Å².